The first-order chi connectivity index (χ1) is 10.1. The molecule has 21 heavy (non-hydrogen) atoms. The average molecular weight is 284 g/mol. The molecule has 2 aromatic rings. The lowest BCUT2D eigenvalue weighted by atomic mass is 10.0. The van der Waals surface area contributed by atoms with E-state index in [1.165, 1.54) is 16.7 Å². The number of aryl methyl sites for hydroxylation is 2. The first kappa shape index (κ1) is 15.0. The predicted molar refractivity (Wildman–Crippen MR) is 83.5 cm³/mol. The highest BCUT2D eigenvalue weighted by atomic mass is 16.1. The summed E-state index contributed by atoms with van der Waals surface area (Å²) < 4.78 is 0. The monoisotopic (exact) mass is 284 g/mol. The molecule has 2 N–H and O–H groups in total. The van der Waals surface area contributed by atoms with Crippen LogP contribution in [0.25, 0.3) is 0 Å². The highest BCUT2D eigenvalue weighted by Gasteiger charge is 2.05. The summed E-state index contributed by atoms with van der Waals surface area (Å²) in [6.07, 6.45) is 0.922. The highest BCUT2D eigenvalue weighted by Crippen LogP contribution is 2.11. The van der Waals surface area contributed by atoms with Crippen LogP contribution in [0.15, 0.2) is 30.3 Å². The number of aromatic nitrogens is 2. The SMILES string of the molecule is CNC(=O)c1ccc(NCCc2ccc(C)cc2C)nn1. The molecule has 1 aromatic heterocycles. The van der Waals surface area contributed by atoms with Gasteiger partial charge in [-0.15, -0.1) is 10.2 Å². The molecule has 0 fully saturated rings. The normalized spacial score (nSPS) is 10.2. The quantitative estimate of drug-likeness (QED) is 0.882. The molecule has 0 spiro atoms. The van der Waals surface area contributed by atoms with Crippen LogP contribution in [0.4, 0.5) is 5.82 Å². The average Bonchev–Trinajstić information content (AvgIpc) is 2.49. The van der Waals surface area contributed by atoms with Crippen LogP contribution in [0.3, 0.4) is 0 Å². The summed E-state index contributed by atoms with van der Waals surface area (Å²) in [6.45, 7) is 5.00. The van der Waals surface area contributed by atoms with Crippen LogP contribution in [-0.2, 0) is 6.42 Å². The van der Waals surface area contributed by atoms with Crippen LogP contribution < -0.4 is 10.6 Å². The van der Waals surface area contributed by atoms with E-state index in [-0.39, 0.29) is 5.91 Å². The van der Waals surface area contributed by atoms with E-state index in [1.807, 2.05) is 0 Å². The fourth-order valence-electron chi connectivity index (χ4n) is 2.13. The third-order valence-corrected chi connectivity index (χ3v) is 3.32. The van der Waals surface area contributed by atoms with Crippen molar-refractivity contribution in [3.8, 4) is 0 Å². The molecule has 0 aliphatic heterocycles. The molecule has 5 nitrogen and oxygen atoms in total. The van der Waals surface area contributed by atoms with Crippen molar-refractivity contribution in [3.63, 3.8) is 0 Å². The Morgan fingerprint density at radius 2 is 1.95 bits per heavy atom. The summed E-state index contributed by atoms with van der Waals surface area (Å²) in [5.41, 5.74) is 4.22. The number of carbonyl (C=O) groups excluding carboxylic acids is 1. The van der Waals surface area contributed by atoms with Gasteiger partial charge in [-0.3, -0.25) is 4.79 Å². The van der Waals surface area contributed by atoms with Crippen molar-refractivity contribution in [1.29, 1.82) is 0 Å². The number of anilines is 1. The maximum Gasteiger partial charge on any atom is 0.271 e. The van der Waals surface area contributed by atoms with Gasteiger partial charge in [-0.05, 0) is 43.5 Å². The molecule has 1 aromatic carbocycles. The van der Waals surface area contributed by atoms with Crippen LogP contribution in [-0.4, -0.2) is 29.7 Å². The number of carbonyl (C=O) groups is 1. The van der Waals surface area contributed by atoms with E-state index in [2.05, 4.69) is 52.9 Å². The summed E-state index contributed by atoms with van der Waals surface area (Å²) in [7, 11) is 1.57. The van der Waals surface area contributed by atoms with Crippen molar-refractivity contribution in [2.45, 2.75) is 20.3 Å². The number of nitrogens with zero attached hydrogens (tertiary/aromatic N) is 2. The van der Waals surface area contributed by atoms with Gasteiger partial charge in [0.1, 0.15) is 5.82 Å². The van der Waals surface area contributed by atoms with Crippen molar-refractivity contribution >= 4 is 11.7 Å². The molecule has 1 heterocycles. The predicted octanol–water partition coefficient (Wildman–Crippen LogP) is 2.11. The molecule has 0 radical (unpaired) electrons. The van der Waals surface area contributed by atoms with Gasteiger partial charge in [0.2, 0.25) is 0 Å². The summed E-state index contributed by atoms with van der Waals surface area (Å²) in [4.78, 5) is 11.4. The molecule has 0 aliphatic carbocycles. The summed E-state index contributed by atoms with van der Waals surface area (Å²) in [5.74, 6) is 0.441. The Morgan fingerprint density at radius 3 is 2.57 bits per heavy atom. The van der Waals surface area contributed by atoms with Gasteiger partial charge in [0.15, 0.2) is 5.69 Å². The molecule has 0 unspecified atom stereocenters. The molecule has 0 saturated carbocycles. The van der Waals surface area contributed by atoms with Crippen LogP contribution in [0.1, 0.15) is 27.2 Å². The van der Waals surface area contributed by atoms with Gasteiger partial charge >= 0.3 is 0 Å². The van der Waals surface area contributed by atoms with Gasteiger partial charge in [0, 0.05) is 13.6 Å². The van der Waals surface area contributed by atoms with Crippen molar-refractivity contribution in [1.82, 2.24) is 15.5 Å². The molecule has 1 amide bonds. The molecule has 5 heteroatoms. The van der Waals surface area contributed by atoms with Crippen molar-refractivity contribution in [2.75, 3.05) is 18.9 Å². The van der Waals surface area contributed by atoms with Crippen molar-refractivity contribution in [3.05, 3.63) is 52.7 Å². The van der Waals surface area contributed by atoms with Crippen molar-refractivity contribution in [2.24, 2.45) is 0 Å². The van der Waals surface area contributed by atoms with Crippen LogP contribution >= 0.6 is 0 Å². The fourth-order valence-corrected chi connectivity index (χ4v) is 2.13. The Balaban J connectivity index is 1.90. The number of nitrogens with one attached hydrogen (secondary N) is 2. The third-order valence-electron chi connectivity index (χ3n) is 3.32. The lowest BCUT2D eigenvalue weighted by Gasteiger charge is -2.08. The molecule has 0 bridgehead atoms. The van der Waals surface area contributed by atoms with Crippen LogP contribution in [0.5, 0.6) is 0 Å². The second-order valence-corrected chi connectivity index (χ2v) is 4.99. The molecular formula is C16H20N4O. The molecule has 0 atom stereocenters. The second-order valence-electron chi connectivity index (χ2n) is 4.99. The largest absolute Gasteiger partial charge is 0.368 e. The minimum Gasteiger partial charge on any atom is -0.368 e. The zero-order valence-electron chi connectivity index (χ0n) is 12.6. The maximum absolute atomic E-state index is 11.4. The summed E-state index contributed by atoms with van der Waals surface area (Å²) in [5, 5.41) is 13.6. The van der Waals surface area contributed by atoms with Crippen LogP contribution in [0.2, 0.25) is 0 Å². The Hall–Kier alpha value is -2.43. The number of hydrogen-bond donors (Lipinski definition) is 2. The first-order valence-corrected chi connectivity index (χ1v) is 6.96. The summed E-state index contributed by atoms with van der Waals surface area (Å²) in [6, 6.07) is 9.89. The standard InChI is InChI=1S/C16H20N4O/c1-11-4-5-13(12(2)10-11)8-9-18-15-7-6-14(19-20-15)16(21)17-3/h4-7,10H,8-9H2,1-3H3,(H,17,21)(H,18,20). The van der Waals surface area contributed by atoms with E-state index >= 15 is 0 Å². The molecular weight excluding hydrogens is 264 g/mol. The van der Waals surface area contributed by atoms with Crippen molar-refractivity contribution < 1.29 is 4.79 Å². The van der Waals surface area contributed by atoms with Crippen LogP contribution in [0, 0.1) is 13.8 Å². The zero-order valence-corrected chi connectivity index (χ0v) is 12.6. The summed E-state index contributed by atoms with van der Waals surface area (Å²) >= 11 is 0. The lowest BCUT2D eigenvalue weighted by Crippen LogP contribution is -2.20. The zero-order chi connectivity index (χ0) is 15.2. The second kappa shape index (κ2) is 6.83. The smallest absolute Gasteiger partial charge is 0.271 e. The van der Waals surface area contributed by atoms with E-state index < -0.39 is 0 Å². The molecule has 0 saturated heterocycles. The van der Waals surface area contributed by atoms with Gasteiger partial charge in [-0.1, -0.05) is 23.8 Å². The topological polar surface area (TPSA) is 66.9 Å². The Bertz CT molecular complexity index is 623. The number of amides is 1. The Morgan fingerprint density at radius 1 is 1.14 bits per heavy atom. The highest BCUT2D eigenvalue weighted by molar-refractivity contribution is 5.91. The van der Waals surface area contributed by atoms with E-state index in [1.54, 1.807) is 19.2 Å². The van der Waals surface area contributed by atoms with Gasteiger partial charge < -0.3 is 10.6 Å². The number of rotatable bonds is 5. The lowest BCUT2D eigenvalue weighted by molar-refractivity contribution is 0.0957. The van der Waals surface area contributed by atoms with E-state index in [0.717, 1.165) is 13.0 Å². The van der Waals surface area contributed by atoms with E-state index in [0.29, 0.717) is 11.5 Å². The minimum absolute atomic E-state index is 0.232. The Kier molecular flexibility index (Phi) is 4.87. The van der Waals surface area contributed by atoms with Gasteiger partial charge in [0.25, 0.3) is 5.91 Å². The molecule has 0 aliphatic rings. The first-order valence-electron chi connectivity index (χ1n) is 6.96. The number of hydrogen-bond acceptors (Lipinski definition) is 4. The number of benzene rings is 1. The molecule has 2 rings (SSSR count). The fraction of sp³-hybridized carbons (Fsp3) is 0.312. The Labute approximate surface area is 124 Å². The van der Waals surface area contributed by atoms with Gasteiger partial charge in [0.05, 0.1) is 0 Å². The third kappa shape index (κ3) is 4.02. The van der Waals surface area contributed by atoms with E-state index in [9.17, 15) is 4.79 Å². The van der Waals surface area contributed by atoms with E-state index in [4.69, 9.17) is 0 Å². The van der Waals surface area contributed by atoms with Gasteiger partial charge in [-0.2, -0.15) is 0 Å². The van der Waals surface area contributed by atoms with Gasteiger partial charge in [-0.25, -0.2) is 0 Å². The molecule has 110 valence electrons. The minimum atomic E-state index is -0.232. The maximum atomic E-state index is 11.4.